The van der Waals surface area contributed by atoms with Crippen LogP contribution in [0.4, 0.5) is 5.95 Å². The number of nitrogens with two attached hydrogens (primary N) is 1. The van der Waals surface area contributed by atoms with Crippen molar-refractivity contribution in [2.75, 3.05) is 19.0 Å². The van der Waals surface area contributed by atoms with Gasteiger partial charge in [-0.15, -0.1) is 0 Å². The summed E-state index contributed by atoms with van der Waals surface area (Å²) in [6.45, 7) is 5.02. The Morgan fingerprint density at radius 2 is 2.00 bits per heavy atom. The van der Waals surface area contributed by atoms with Gasteiger partial charge in [0.25, 0.3) is 5.96 Å². The number of aromatic amines is 1. The first kappa shape index (κ1) is 18.2. The van der Waals surface area contributed by atoms with Gasteiger partial charge in [-0.3, -0.25) is 0 Å². The van der Waals surface area contributed by atoms with Crippen LogP contribution < -0.4 is 25.1 Å². The lowest BCUT2D eigenvalue weighted by Gasteiger charge is -2.19. The van der Waals surface area contributed by atoms with Crippen molar-refractivity contribution in [3.63, 3.8) is 0 Å². The second-order valence-electron chi connectivity index (χ2n) is 7.32. The molecule has 1 atom stereocenters. The number of H-pyrrole nitrogens is 1. The van der Waals surface area contributed by atoms with Gasteiger partial charge >= 0.3 is 5.95 Å². The van der Waals surface area contributed by atoms with Crippen LogP contribution in [0.5, 0.6) is 11.5 Å². The van der Waals surface area contributed by atoms with E-state index in [0.29, 0.717) is 24.2 Å². The number of hydrogen-bond acceptors (Lipinski definition) is 5. The minimum atomic E-state index is -0.300. The highest BCUT2D eigenvalue weighted by atomic mass is 16.5. The maximum atomic E-state index is 6.04. The van der Waals surface area contributed by atoms with Crippen molar-refractivity contribution in [1.29, 1.82) is 0 Å². The van der Waals surface area contributed by atoms with Gasteiger partial charge in [-0.2, -0.15) is 4.99 Å². The van der Waals surface area contributed by atoms with Crippen LogP contribution in [0.2, 0.25) is 0 Å². The smallest absolute Gasteiger partial charge is 0.365 e. The van der Waals surface area contributed by atoms with E-state index in [2.05, 4.69) is 39.8 Å². The number of fused-ring (bicyclic) bond motifs is 3. The lowest BCUT2D eigenvalue weighted by molar-refractivity contribution is -0.674. The Labute approximate surface area is 164 Å². The summed E-state index contributed by atoms with van der Waals surface area (Å²) in [4.78, 5) is 8.00. The van der Waals surface area contributed by atoms with Gasteiger partial charge in [-0.05, 0) is 42.7 Å². The molecule has 28 heavy (non-hydrogen) atoms. The van der Waals surface area contributed by atoms with E-state index in [9.17, 15) is 0 Å². The van der Waals surface area contributed by atoms with Crippen LogP contribution in [0, 0.1) is 5.92 Å². The molecule has 0 spiro atoms. The molecular weight excluding hydrogens is 354 g/mol. The minimum absolute atomic E-state index is 0.300. The number of imidazole rings is 1. The summed E-state index contributed by atoms with van der Waals surface area (Å²) in [5.41, 5.74) is 9.07. The molecule has 4 N–H and O–H groups in total. The van der Waals surface area contributed by atoms with Gasteiger partial charge in [-0.25, -0.2) is 14.9 Å². The molecule has 4 rings (SSSR count). The lowest BCUT2D eigenvalue weighted by Crippen LogP contribution is -2.48. The van der Waals surface area contributed by atoms with E-state index in [1.54, 1.807) is 7.11 Å². The average Bonchev–Trinajstić information content (AvgIpc) is 3.05. The van der Waals surface area contributed by atoms with Crippen LogP contribution in [0.25, 0.3) is 11.0 Å². The third-order valence-electron chi connectivity index (χ3n) is 4.85. The number of aromatic nitrogens is 2. The third-order valence-corrected chi connectivity index (χ3v) is 4.85. The number of nitrogens with zero attached hydrogens (tertiary/aromatic N) is 2. The number of guanidine groups is 1. The first-order valence-electron chi connectivity index (χ1n) is 9.50. The molecular formula is C21H26N5O2+. The van der Waals surface area contributed by atoms with Gasteiger partial charge in [0.1, 0.15) is 11.0 Å². The second kappa shape index (κ2) is 7.42. The predicted molar refractivity (Wildman–Crippen MR) is 110 cm³/mol. The highest BCUT2D eigenvalue weighted by Crippen LogP contribution is 2.32. The quantitative estimate of drug-likeness (QED) is 0.573. The summed E-state index contributed by atoms with van der Waals surface area (Å²) in [5, 5.41) is 3.11. The Morgan fingerprint density at radius 3 is 2.79 bits per heavy atom. The molecule has 0 saturated carbocycles. The van der Waals surface area contributed by atoms with Crippen molar-refractivity contribution in [3.05, 3.63) is 48.0 Å². The van der Waals surface area contributed by atoms with Crippen LogP contribution in [0.15, 0.2) is 47.5 Å². The molecule has 0 radical (unpaired) electrons. The molecule has 7 nitrogen and oxygen atoms in total. The Morgan fingerprint density at radius 1 is 1.18 bits per heavy atom. The van der Waals surface area contributed by atoms with Crippen LogP contribution >= 0.6 is 0 Å². The number of methoxy groups -OCH3 is 1. The maximum absolute atomic E-state index is 6.04. The van der Waals surface area contributed by atoms with E-state index < -0.39 is 0 Å². The number of para-hydroxylation sites is 2. The molecule has 1 aliphatic heterocycles. The molecule has 3 aromatic rings. The Kier molecular flexibility index (Phi) is 4.81. The summed E-state index contributed by atoms with van der Waals surface area (Å²) in [6, 6.07) is 14.0. The van der Waals surface area contributed by atoms with Gasteiger partial charge in [-0.1, -0.05) is 26.0 Å². The van der Waals surface area contributed by atoms with Crippen LogP contribution in [0.1, 0.15) is 32.0 Å². The molecule has 7 heteroatoms. The molecule has 0 fully saturated rings. The summed E-state index contributed by atoms with van der Waals surface area (Å²) >= 11 is 0. The summed E-state index contributed by atoms with van der Waals surface area (Å²) in [6.07, 6.45) is 0.695. The Balaban J connectivity index is 1.71. The fraction of sp³-hybridized carbons (Fsp3) is 0.333. The second-order valence-corrected chi connectivity index (χ2v) is 7.32. The van der Waals surface area contributed by atoms with E-state index in [1.807, 2.05) is 36.4 Å². The van der Waals surface area contributed by atoms with Gasteiger partial charge in [0.05, 0.1) is 13.7 Å². The number of anilines is 1. The van der Waals surface area contributed by atoms with Gasteiger partial charge in [0, 0.05) is 5.56 Å². The highest BCUT2D eigenvalue weighted by molar-refractivity contribution is 5.92. The van der Waals surface area contributed by atoms with Crippen LogP contribution in [-0.2, 0) is 0 Å². The zero-order chi connectivity index (χ0) is 19.7. The number of benzene rings is 2. The summed E-state index contributed by atoms with van der Waals surface area (Å²) < 4.78 is 13.6. The maximum Gasteiger partial charge on any atom is 0.365 e. The normalized spacial score (nSPS) is 15.9. The molecule has 146 valence electrons. The van der Waals surface area contributed by atoms with E-state index in [-0.39, 0.29) is 6.17 Å². The summed E-state index contributed by atoms with van der Waals surface area (Å²) in [7, 11) is 1.65. The van der Waals surface area contributed by atoms with E-state index >= 15 is 0 Å². The van der Waals surface area contributed by atoms with Crippen molar-refractivity contribution in [3.8, 4) is 11.5 Å². The molecule has 2 heterocycles. The standard InChI is InChI=1S/C21H25N5O2/c1-13(2)10-11-28-17-9-8-14(12-18(17)27-3)19-24-20(22)25-21-23-15-6-4-5-7-16(15)26(19)21/h4-9,12-13,19H,10-11H2,1-3H3,(H3,22,23,24,25)/p+1/t19-/m1/s1. The monoisotopic (exact) mass is 380 g/mol. The lowest BCUT2D eigenvalue weighted by atomic mass is 10.1. The van der Waals surface area contributed by atoms with Crippen molar-refractivity contribution < 1.29 is 14.0 Å². The zero-order valence-electron chi connectivity index (χ0n) is 16.4. The van der Waals surface area contributed by atoms with E-state index in [4.69, 9.17) is 15.2 Å². The molecule has 0 bridgehead atoms. The molecule has 1 aliphatic rings. The van der Waals surface area contributed by atoms with Crippen LogP contribution in [0.3, 0.4) is 0 Å². The van der Waals surface area contributed by atoms with E-state index in [0.717, 1.165) is 34.7 Å². The first-order valence-corrected chi connectivity index (χ1v) is 9.50. The molecule has 0 unspecified atom stereocenters. The Bertz CT molecular complexity index is 1020. The molecule has 0 saturated heterocycles. The minimum Gasteiger partial charge on any atom is -0.493 e. The van der Waals surface area contributed by atoms with Gasteiger partial charge < -0.3 is 15.2 Å². The number of ether oxygens (including phenoxy) is 2. The van der Waals surface area contributed by atoms with Crippen molar-refractivity contribution in [2.45, 2.75) is 26.4 Å². The molecule has 1 aromatic heterocycles. The molecule has 0 aliphatic carbocycles. The number of rotatable bonds is 6. The molecule has 2 aromatic carbocycles. The van der Waals surface area contributed by atoms with Crippen molar-refractivity contribution >= 4 is 22.9 Å². The highest BCUT2D eigenvalue weighted by Gasteiger charge is 2.31. The average molecular weight is 380 g/mol. The topological polar surface area (TPSA) is 88.5 Å². The number of hydrogen-bond donors (Lipinski definition) is 3. The van der Waals surface area contributed by atoms with Gasteiger partial charge in [0.15, 0.2) is 11.5 Å². The SMILES string of the molecule is COc1cc([C@@H]2N=C(N)Nc3[nH]c4ccccc4[n+]32)ccc1OCCC(C)C. The van der Waals surface area contributed by atoms with Crippen molar-refractivity contribution in [1.82, 2.24) is 4.98 Å². The van der Waals surface area contributed by atoms with Crippen molar-refractivity contribution in [2.24, 2.45) is 16.6 Å². The zero-order valence-corrected chi connectivity index (χ0v) is 16.4. The molecule has 0 amide bonds. The fourth-order valence-electron chi connectivity index (χ4n) is 3.38. The fourth-order valence-corrected chi connectivity index (χ4v) is 3.38. The largest absolute Gasteiger partial charge is 0.493 e. The van der Waals surface area contributed by atoms with Gasteiger partial charge in [0.2, 0.25) is 6.17 Å². The van der Waals surface area contributed by atoms with E-state index in [1.165, 1.54) is 0 Å². The Hall–Kier alpha value is -3.22. The predicted octanol–water partition coefficient (Wildman–Crippen LogP) is 3.18. The number of aliphatic imine (C=N–C) groups is 1. The summed E-state index contributed by atoms with van der Waals surface area (Å²) in [5.74, 6) is 3.19. The third kappa shape index (κ3) is 3.35. The number of nitrogens with one attached hydrogen (secondary N) is 2. The van der Waals surface area contributed by atoms with Crippen LogP contribution in [-0.4, -0.2) is 24.7 Å². The first-order chi connectivity index (χ1) is 13.6.